The molecule has 0 radical (unpaired) electrons. The molecule has 70 valence electrons. The third-order valence-corrected chi connectivity index (χ3v) is 2.39. The van der Waals surface area contributed by atoms with Crippen LogP contribution in [-0.2, 0) is 0 Å². The van der Waals surface area contributed by atoms with Gasteiger partial charge in [0.2, 0.25) is 0 Å². The molecule has 0 aliphatic carbocycles. The van der Waals surface area contributed by atoms with Crippen LogP contribution in [0.15, 0.2) is 0 Å². The monoisotopic (exact) mass is 188 g/mol. The Balaban J connectivity index is 2.44. The summed E-state index contributed by atoms with van der Waals surface area (Å²) in [5.74, 6) is 1.25. The van der Waals surface area contributed by atoms with Gasteiger partial charge < -0.3 is 10.2 Å². The average molecular weight is 188 g/mol. The van der Waals surface area contributed by atoms with Crippen LogP contribution in [0, 0.1) is 5.92 Å². The van der Waals surface area contributed by atoms with Crippen LogP contribution in [0.3, 0.4) is 0 Å². The van der Waals surface area contributed by atoms with E-state index in [1.165, 1.54) is 0 Å². The van der Waals surface area contributed by atoms with Gasteiger partial charge in [-0.05, 0) is 5.92 Å². The maximum atomic E-state index is 11.3. The fourth-order valence-corrected chi connectivity index (χ4v) is 1.55. The first-order valence-electron chi connectivity index (χ1n) is 4.31. The van der Waals surface area contributed by atoms with Crippen LogP contribution in [0.25, 0.3) is 0 Å². The number of nitrogens with zero attached hydrogens (tertiary/aromatic N) is 1. The van der Waals surface area contributed by atoms with E-state index < -0.39 is 0 Å². The molecule has 4 heteroatoms. The lowest BCUT2D eigenvalue weighted by atomic mass is 10.1. The predicted molar refractivity (Wildman–Crippen MR) is 52.6 cm³/mol. The summed E-state index contributed by atoms with van der Waals surface area (Å²) in [4.78, 5) is 13.1. The van der Waals surface area contributed by atoms with E-state index in [0.29, 0.717) is 12.0 Å². The molecule has 0 aromatic rings. The summed E-state index contributed by atoms with van der Waals surface area (Å²) in [5.41, 5.74) is 0. The van der Waals surface area contributed by atoms with Gasteiger partial charge in [0.05, 0.1) is 6.04 Å². The van der Waals surface area contributed by atoms with Crippen LogP contribution in [0.5, 0.6) is 0 Å². The highest BCUT2D eigenvalue weighted by Gasteiger charge is 2.29. The summed E-state index contributed by atoms with van der Waals surface area (Å²) < 4.78 is 0. The minimum Gasteiger partial charge on any atom is -0.333 e. The number of carbonyl (C=O) groups excluding carboxylic acids is 1. The van der Waals surface area contributed by atoms with E-state index >= 15 is 0 Å². The Kier molecular flexibility index (Phi) is 3.26. The molecule has 3 nitrogen and oxygen atoms in total. The normalized spacial score (nSPS) is 23.5. The smallest absolute Gasteiger partial charge is 0.317 e. The Morgan fingerprint density at radius 3 is 2.83 bits per heavy atom. The number of hydrogen-bond acceptors (Lipinski definition) is 2. The Morgan fingerprint density at radius 1 is 1.75 bits per heavy atom. The molecular formula is C8H16N2OS. The number of nitrogens with one attached hydrogen (secondary N) is 1. The molecule has 1 fully saturated rings. The lowest BCUT2D eigenvalue weighted by Crippen LogP contribution is -2.31. The molecule has 1 heterocycles. The number of thiol groups is 1. The van der Waals surface area contributed by atoms with Gasteiger partial charge in [-0.25, -0.2) is 4.79 Å². The van der Waals surface area contributed by atoms with E-state index in [4.69, 9.17) is 0 Å². The maximum Gasteiger partial charge on any atom is 0.317 e. The van der Waals surface area contributed by atoms with E-state index in [2.05, 4.69) is 31.8 Å². The van der Waals surface area contributed by atoms with Crippen LogP contribution in [-0.4, -0.2) is 35.8 Å². The molecule has 2 amide bonds. The summed E-state index contributed by atoms with van der Waals surface area (Å²) in [6, 6.07) is 0.375. The molecule has 0 bridgehead atoms. The zero-order valence-electron chi connectivity index (χ0n) is 7.58. The summed E-state index contributed by atoms with van der Waals surface area (Å²) in [5, 5.41) is 2.94. The second-order valence-electron chi connectivity index (χ2n) is 3.47. The van der Waals surface area contributed by atoms with Gasteiger partial charge in [-0.15, -0.1) is 0 Å². The van der Waals surface area contributed by atoms with Gasteiger partial charge in [-0.3, -0.25) is 0 Å². The Morgan fingerprint density at radius 2 is 2.42 bits per heavy atom. The van der Waals surface area contributed by atoms with Crippen molar-refractivity contribution in [1.82, 2.24) is 10.2 Å². The largest absolute Gasteiger partial charge is 0.333 e. The van der Waals surface area contributed by atoms with E-state index in [0.717, 1.165) is 18.8 Å². The zero-order chi connectivity index (χ0) is 9.14. The molecule has 0 aromatic heterocycles. The average Bonchev–Trinajstić information content (AvgIpc) is 2.34. The molecule has 1 aliphatic rings. The van der Waals surface area contributed by atoms with Gasteiger partial charge in [0.25, 0.3) is 0 Å². The van der Waals surface area contributed by atoms with Gasteiger partial charge in [0.15, 0.2) is 0 Å². The standard InChI is InChI=1S/C8H16N2OS/c1-6(2)7-5-10(3-4-12)8(11)9-7/h6-7,12H,3-5H2,1-2H3,(H,9,11). The molecule has 1 atom stereocenters. The number of hydrogen-bond donors (Lipinski definition) is 2. The first-order chi connectivity index (χ1) is 5.65. The van der Waals surface area contributed by atoms with Crippen molar-refractivity contribution in [3.05, 3.63) is 0 Å². The van der Waals surface area contributed by atoms with Crippen LogP contribution >= 0.6 is 12.6 Å². The van der Waals surface area contributed by atoms with Crippen molar-refractivity contribution in [2.75, 3.05) is 18.8 Å². The topological polar surface area (TPSA) is 32.3 Å². The highest BCUT2D eigenvalue weighted by atomic mass is 32.1. The highest BCUT2D eigenvalue weighted by molar-refractivity contribution is 7.80. The van der Waals surface area contributed by atoms with Crippen molar-refractivity contribution in [3.8, 4) is 0 Å². The molecule has 1 unspecified atom stereocenters. The predicted octanol–water partition coefficient (Wildman–Crippen LogP) is 0.966. The van der Waals surface area contributed by atoms with Crippen LogP contribution < -0.4 is 5.32 Å². The molecule has 1 aliphatic heterocycles. The second kappa shape index (κ2) is 4.03. The molecule has 1 saturated heterocycles. The molecule has 0 spiro atoms. The van der Waals surface area contributed by atoms with Crippen molar-refractivity contribution in [2.45, 2.75) is 19.9 Å². The number of urea groups is 1. The van der Waals surface area contributed by atoms with Gasteiger partial charge in [-0.2, -0.15) is 12.6 Å². The lowest BCUT2D eigenvalue weighted by molar-refractivity contribution is 0.220. The Labute approximate surface area is 78.9 Å². The third kappa shape index (κ3) is 2.06. The summed E-state index contributed by atoms with van der Waals surface area (Å²) >= 11 is 4.10. The van der Waals surface area contributed by atoms with Gasteiger partial charge >= 0.3 is 6.03 Å². The number of carbonyl (C=O) groups is 1. The third-order valence-electron chi connectivity index (χ3n) is 2.19. The van der Waals surface area contributed by atoms with E-state index in [1.54, 1.807) is 0 Å². The van der Waals surface area contributed by atoms with E-state index in [1.807, 2.05) is 4.90 Å². The fourth-order valence-electron chi connectivity index (χ4n) is 1.31. The zero-order valence-corrected chi connectivity index (χ0v) is 8.47. The first-order valence-corrected chi connectivity index (χ1v) is 4.94. The van der Waals surface area contributed by atoms with Crippen molar-refractivity contribution in [1.29, 1.82) is 0 Å². The minimum atomic E-state index is 0.0581. The van der Waals surface area contributed by atoms with Crippen molar-refractivity contribution in [3.63, 3.8) is 0 Å². The van der Waals surface area contributed by atoms with Crippen molar-refractivity contribution in [2.24, 2.45) is 5.92 Å². The first kappa shape index (κ1) is 9.71. The van der Waals surface area contributed by atoms with Crippen molar-refractivity contribution < 1.29 is 4.79 Å². The van der Waals surface area contributed by atoms with Gasteiger partial charge in [0, 0.05) is 18.8 Å². The highest BCUT2D eigenvalue weighted by Crippen LogP contribution is 2.11. The van der Waals surface area contributed by atoms with Crippen LogP contribution in [0.4, 0.5) is 4.79 Å². The minimum absolute atomic E-state index is 0.0581. The second-order valence-corrected chi connectivity index (χ2v) is 3.92. The quantitative estimate of drug-likeness (QED) is 0.635. The SMILES string of the molecule is CC(C)C1CN(CCS)C(=O)N1. The van der Waals surface area contributed by atoms with Crippen molar-refractivity contribution >= 4 is 18.7 Å². The molecule has 0 saturated carbocycles. The Hall–Kier alpha value is -0.380. The van der Waals surface area contributed by atoms with E-state index in [-0.39, 0.29) is 6.03 Å². The Bertz CT molecular complexity index is 172. The molecule has 1 N–H and O–H groups in total. The van der Waals surface area contributed by atoms with Gasteiger partial charge in [-0.1, -0.05) is 13.8 Å². The van der Waals surface area contributed by atoms with Crippen LogP contribution in [0.1, 0.15) is 13.8 Å². The lowest BCUT2D eigenvalue weighted by Gasteiger charge is -2.14. The number of amides is 2. The molecule has 0 aromatic carbocycles. The summed E-state index contributed by atoms with van der Waals surface area (Å²) in [6.07, 6.45) is 0. The van der Waals surface area contributed by atoms with E-state index in [9.17, 15) is 4.79 Å². The molecule has 12 heavy (non-hydrogen) atoms. The maximum absolute atomic E-state index is 11.3. The number of rotatable bonds is 3. The van der Waals surface area contributed by atoms with Crippen LogP contribution in [0.2, 0.25) is 0 Å². The van der Waals surface area contributed by atoms with Gasteiger partial charge in [0.1, 0.15) is 0 Å². The summed E-state index contributed by atoms with van der Waals surface area (Å²) in [7, 11) is 0. The molecule has 1 rings (SSSR count). The fraction of sp³-hybridized carbons (Fsp3) is 0.875. The molecular weight excluding hydrogens is 172 g/mol. The summed E-state index contributed by atoms with van der Waals surface area (Å²) in [6.45, 7) is 5.82.